The number of aromatic nitrogens is 4. The number of halogens is 4. The van der Waals surface area contributed by atoms with Crippen molar-refractivity contribution >= 4 is 38.3 Å². The first kappa shape index (κ1) is 16.8. The maximum Gasteiger partial charge on any atom is 0.434 e. The highest BCUT2D eigenvalue weighted by molar-refractivity contribution is 9.10. The summed E-state index contributed by atoms with van der Waals surface area (Å²) in [5, 5.41) is 9.59. The van der Waals surface area contributed by atoms with Crippen LogP contribution in [0.2, 0.25) is 0 Å². The molecule has 1 fully saturated rings. The largest absolute Gasteiger partial charge is 0.485 e. The molecule has 0 atom stereocenters. The van der Waals surface area contributed by atoms with E-state index in [1.165, 1.54) is 12.8 Å². The van der Waals surface area contributed by atoms with Crippen LogP contribution in [0.1, 0.15) is 23.5 Å². The van der Waals surface area contributed by atoms with Gasteiger partial charge in [0.2, 0.25) is 0 Å². The summed E-state index contributed by atoms with van der Waals surface area (Å²) >= 11 is 4.37. The Labute approximate surface area is 152 Å². The van der Waals surface area contributed by atoms with Crippen LogP contribution >= 0.6 is 27.3 Å². The summed E-state index contributed by atoms with van der Waals surface area (Å²) in [6.07, 6.45) is -2.00. The van der Waals surface area contributed by atoms with Crippen LogP contribution in [0.4, 0.5) is 13.2 Å². The summed E-state index contributed by atoms with van der Waals surface area (Å²) in [5.41, 5.74) is 0.682. The number of thiazole rings is 1. The number of rotatable bonds is 5. The fourth-order valence-corrected chi connectivity index (χ4v) is 3.67. The van der Waals surface area contributed by atoms with Crippen LogP contribution in [0.3, 0.4) is 0 Å². The molecule has 2 aromatic heterocycles. The molecule has 0 N–H and O–H groups in total. The van der Waals surface area contributed by atoms with Crippen molar-refractivity contribution < 1.29 is 17.9 Å². The molecular formula is C15H12BrF3N4OS. The molecule has 0 unspecified atom stereocenters. The van der Waals surface area contributed by atoms with Gasteiger partial charge in [0.15, 0.2) is 5.69 Å². The SMILES string of the molecule is FC(F)(F)c1csc(COc2ccc3c(nnn3CC3CC3)c2Br)n1. The van der Waals surface area contributed by atoms with Crippen LogP contribution in [0.5, 0.6) is 5.75 Å². The Kier molecular flexibility index (Phi) is 4.19. The maximum absolute atomic E-state index is 12.6. The Morgan fingerprint density at radius 3 is 2.80 bits per heavy atom. The molecule has 3 aromatic rings. The average molecular weight is 433 g/mol. The number of fused-ring (bicyclic) bond motifs is 1. The van der Waals surface area contributed by atoms with Gasteiger partial charge in [-0.2, -0.15) is 13.2 Å². The predicted octanol–water partition coefficient (Wildman–Crippen LogP) is 4.66. The molecule has 0 aliphatic heterocycles. The minimum Gasteiger partial charge on any atom is -0.485 e. The molecule has 1 aromatic carbocycles. The lowest BCUT2D eigenvalue weighted by Gasteiger charge is -2.07. The molecule has 10 heteroatoms. The van der Waals surface area contributed by atoms with Crippen LogP contribution in [0, 0.1) is 5.92 Å². The van der Waals surface area contributed by atoms with Gasteiger partial charge in [-0.1, -0.05) is 5.21 Å². The second-order valence-electron chi connectivity index (χ2n) is 5.87. The second-order valence-corrected chi connectivity index (χ2v) is 7.61. The van der Waals surface area contributed by atoms with Crippen LogP contribution in [-0.2, 0) is 19.3 Å². The Bertz CT molecular complexity index is 919. The van der Waals surface area contributed by atoms with Gasteiger partial charge in [-0.15, -0.1) is 16.4 Å². The van der Waals surface area contributed by atoms with Gasteiger partial charge in [-0.3, -0.25) is 0 Å². The van der Waals surface area contributed by atoms with Crippen molar-refractivity contribution in [3.8, 4) is 5.75 Å². The standard InChI is InChI=1S/C15H12BrF3N4OS/c16-13-10(24-6-12-20-11(7-25-12)15(17,18)19)4-3-9-14(13)21-22-23(9)5-8-1-2-8/h3-4,7-8H,1-2,5-6H2. The second kappa shape index (κ2) is 6.24. The summed E-state index contributed by atoms with van der Waals surface area (Å²) in [5.74, 6) is 1.17. The van der Waals surface area contributed by atoms with Crippen LogP contribution in [0.25, 0.3) is 11.0 Å². The number of hydrogen-bond donors (Lipinski definition) is 0. The van der Waals surface area contributed by atoms with E-state index in [0.29, 0.717) is 21.7 Å². The number of ether oxygens (including phenoxy) is 1. The van der Waals surface area contributed by atoms with E-state index >= 15 is 0 Å². The Morgan fingerprint density at radius 1 is 1.32 bits per heavy atom. The minimum absolute atomic E-state index is 0.0406. The summed E-state index contributed by atoms with van der Waals surface area (Å²) in [4.78, 5) is 3.55. The first-order chi connectivity index (χ1) is 11.9. The zero-order valence-corrected chi connectivity index (χ0v) is 15.2. The summed E-state index contributed by atoms with van der Waals surface area (Å²) in [6.45, 7) is 0.809. The Morgan fingerprint density at radius 2 is 2.12 bits per heavy atom. The molecule has 2 heterocycles. The van der Waals surface area contributed by atoms with E-state index in [2.05, 4.69) is 31.2 Å². The van der Waals surface area contributed by atoms with Crippen LogP contribution < -0.4 is 4.74 Å². The van der Waals surface area contributed by atoms with Crippen molar-refractivity contribution in [1.29, 1.82) is 0 Å². The number of alkyl halides is 3. The molecule has 0 radical (unpaired) electrons. The predicted molar refractivity (Wildman–Crippen MR) is 89.4 cm³/mol. The first-order valence-corrected chi connectivity index (χ1v) is 9.25. The summed E-state index contributed by atoms with van der Waals surface area (Å²) in [6, 6.07) is 3.62. The van der Waals surface area contributed by atoms with E-state index in [9.17, 15) is 13.2 Å². The zero-order chi connectivity index (χ0) is 17.6. The van der Waals surface area contributed by atoms with Gasteiger partial charge in [0, 0.05) is 11.9 Å². The highest BCUT2D eigenvalue weighted by Crippen LogP contribution is 2.35. The molecule has 4 rings (SSSR count). The average Bonchev–Trinajstić information content (AvgIpc) is 3.07. The molecule has 132 valence electrons. The van der Waals surface area contributed by atoms with Crippen molar-refractivity contribution in [2.45, 2.75) is 32.2 Å². The molecule has 1 saturated carbocycles. The third-order valence-corrected chi connectivity index (χ3v) is 5.50. The molecule has 0 spiro atoms. The molecule has 1 aliphatic rings. The van der Waals surface area contributed by atoms with Crippen molar-refractivity contribution in [1.82, 2.24) is 20.0 Å². The van der Waals surface area contributed by atoms with Gasteiger partial charge in [0.25, 0.3) is 0 Å². The lowest BCUT2D eigenvalue weighted by atomic mass is 10.3. The first-order valence-electron chi connectivity index (χ1n) is 7.58. The molecule has 0 saturated heterocycles. The topological polar surface area (TPSA) is 52.8 Å². The van der Waals surface area contributed by atoms with E-state index in [4.69, 9.17) is 4.74 Å². The van der Waals surface area contributed by atoms with E-state index in [1.54, 1.807) is 6.07 Å². The van der Waals surface area contributed by atoms with Gasteiger partial charge in [-0.25, -0.2) is 9.67 Å². The van der Waals surface area contributed by atoms with E-state index in [1.807, 2.05) is 10.7 Å². The number of nitrogens with zero attached hydrogens (tertiary/aromatic N) is 4. The number of hydrogen-bond acceptors (Lipinski definition) is 5. The van der Waals surface area contributed by atoms with Gasteiger partial charge >= 0.3 is 6.18 Å². The Balaban J connectivity index is 1.51. The van der Waals surface area contributed by atoms with Gasteiger partial charge < -0.3 is 4.74 Å². The minimum atomic E-state index is -4.44. The molecular weight excluding hydrogens is 421 g/mol. The van der Waals surface area contributed by atoms with Crippen molar-refractivity contribution in [3.05, 3.63) is 32.7 Å². The summed E-state index contributed by atoms with van der Waals surface area (Å²) in [7, 11) is 0. The van der Waals surface area contributed by atoms with Crippen molar-refractivity contribution in [2.24, 2.45) is 5.92 Å². The fourth-order valence-electron chi connectivity index (χ4n) is 2.42. The van der Waals surface area contributed by atoms with E-state index in [0.717, 1.165) is 28.8 Å². The van der Waals surface area contributed by atoms with E-state index < -0.39 is 11.9 Å². The third-order valence-electron chi connectivity index (χ3n) is 3.91. The molecule has 0 bridgehead atoms. The quantitative estimate of drug-likeness (QED) is 0.588. The number of benzene rings is 1. The monoisotopic (exact) mass is 432 g/mol. The molecule has 25 heavy (non-hydrogen) atoms. The van der Waals surface area contributed by atoms with E-state index in [-0.39, 0.29) is 11.6 Å². The third kappa shape index (κ3) is 3.50. The van der Waals surface area contributed by atoms with Gasteiger partial charge in [-0.05, 0) is 46.8 Å². The molecule has 5 nitrogen and oxygen atoms in total. The highest BCUT2D eigenvalue weighted by atomic mass is 79.9. The normalized spacial score (nSPS) is 15.0. The van der Waals surface area contributed by atoms with Crippen LogP contribution in [0.15, 0.2) is 22.0 Å². The smallest absolute Gasteiger partial charge is 0.434 e. The Hall–Kier alpha value is -1.68. The maximum atomic E-state index is 12.6. The summed E-state index contributed by atoms with van der Waals surface area (Å²) < 4.78 is 45.9. The highest BCUT2D eigenvalue weighted by Gasteiger charge is 2.33. The van der Waals surface area contributed by atoms with Gasteiger partial charge in [0.05, 0.1) is 9.99 Å². The van der Waals surface area contributed by atoms with Crippen molar-refractivity contribution in [3.63, 3.8) is 0 Å². The zero-order valence-electron chi connectivity index (χ0n) is 12.8. The molecule has 0 amide bonds. The molecule has 1 aliphatic carbocycles. The van der Waals surface area contributed by atoms with Crippen LogP contribution in [-0.4, -0.2) is 20.0 Å². The lowest BCUT2D eigenvalue weighted by molar-refractivity contribution is -0.140. The van der Waals surface area contributed by atoms with Crippen molar-refractivity contribution in [2.75, 3.05) is 0 Å². The lowest BCUT2D eigenvalue weighted by Crippen LogP contribution is -2.06. The fraction of sp³-hybridized carbons (Fsp3) is 0.400. The van der Waals surface area contributed by atoms with Gasteiger partial charge in [0.1, 0.15) is 22.9 Å².